The molecule has 2 heterocycles. The number of hydrogen-bond acceptors (Lipinski definition) is 4. The van der Waals surface area contributed by atoms with E-state index in [0.29, 0.717) is 11.4 Å². The summed E-state index contributed by atoms with van der Waals surface area (Å²) in [5.74, 6) is 0.0299. The van der Waals surface area contributed by atoms with Crippen LogP contribution < -0.4 is 4.90 Å². The maximum Gasteiger partial charge on any atom is 0.243 e. The van der Waals surface area contributed by atoms with E-state index in [0.717, 1.165) is 34.4 Å². The molecule has 0 bridgehead atoms. The van der Waals surface area contributed by atoms with Gasteiger partial charge in [-0.05, 0) is 53.8 Å². The quantitative estimate of drug-likeness (QED) is 0.649. The molecule has 1 fully saturated rings. The number of hydrogen-bond donors (Lipinski definition) is 1. The van der Waals surface area contributed by atoms with E-state index in [1.807, 2.05) is 44.3 Å². The van der Waals surface area contributed by atoms with Crippen LogP contribution >= 0.6 is 0 Å². The van der Waals surface area contributed by atoms with Crippen molar-refractivity contribution in [1.82, 2.24) is 4.31 Å². The zero-order valence-electron chi connectivity index (χ0n) is 18.3. The van der Waals surface area contributed by atoms with Crippen molar-refractivity contribution in [3.63, 3.8) is 0 Å². The number of fused-ring (bicyclic) bond motifs is 3. The Balaban J connectivity index is 1.66. The van der Waals surface area contributed by atoms with Gasteiger partial charge in [-0.1, -0.05) is 54.6 Å². The highest BCUT2D eigenvalue weighted by Crippen LogP contribution is 2.51. The topological polar surface area (TPSA) is 60.9 Å². The Morgan fingerprint density at radius 1 is 0.969 bits per heavy atom. The van der Waals surface area contributed by atoms with Crippen LogP contribution in [0.3, 0.4) is 0 Å². The summed E-state index contributed by atoms with van der Waals surface area (Å²) in [5.41, 5.74) is 4.92. The monoisotopic (exact) mass is 448 g/mol. The number of sulfonamides is 1. The zero-order chi connectivity index (χ0) is 22.5. The lowest BCUT2D eigenvalue weighted by molar-refractivity contribution is 0.193. The predicted octanol–water partition coefficient (Wildman–Crippen LogP) is 4.22. The highest BCUT2D eigenvalue weighted by molar-refractivity contribution is 7.89. The van der Waals surface area contributed by atoms with Crippen LogP contribution in [-0.2, 0) is 10.0 Å². The molecular formula is C26H28N2O3S. The van der Waals surface area contributed by atoms with Crippen molar-refractivity contribution in [2.45, 2.75) is 30.3 Å². The van der Waals surface area contributed by atoms with Gasteiger partial charge in [-0.25, -0.2) is 8.42 Å². The molecule has 2 aliphatic heterocycles. The molecule has 0 aliphatic carbocycles. The smallest absolute Gasteiger partial charge is 0.243 e. The number of rotatable bonds is 4. The number of nitrogens with zero attached hydrogens (tertiary/aromatic N) is 2. The predicted molar refractivity (Wildman–Crippen MR) is 127 cm³/mol. The molecule has 5 rings (SSSR count). The molecule has 0 spiro atoms. The van der Waals surface area contributed by atoms with Crippen LogP contribution in [0.25, 0.3) is 11.1 Å². The van der Waals surface area contributed by atoms with Crippen molar-refractivity contribution in [3.8, 4) is 11.1 Å². The average molecular weight is 449 g/mol. The van der Waals surface area contributed by atoms with Crippen molar-refractivity contribution in [2.24, 2.45) is 5.92 Å². The largest absolute Gasteiger partial charge is 0.394 e. The van der Waals surface area contributed by atoms with Gasteiger partial charge >= 0.3 is 0 Å². The zero-order valence-corrected chi connectivity index (χ0v) is 19.2. The summed E-state index contributed by atoms with van der Waals surface area (Å²) in [6.45, 7) is 2.29. The molecule has 0 unspecified atom stereocenters. The molecule has 1 N–H and O–H groups in total. The van der Waals surface area contributed by atoms with Gasteiger partial charge in [0.2, 0.25) is 10.0 Å². The molecule has 1 saturated heterocycles. The molecule has 5 nitrogen and oxygen atoms in total. The van der Waals surface area contributed by atoms with E-state index < -0.39 is 10.0 Å². The molecule has 0 saturated carbocycles. The summed E-state index contributed by atoms with van der Waals surface area (Å²) < 4.78 is 29.3. The Hall–Kier alpha value is -2.67. The first-order chi connectivity index (χ1) is 15.4. The van der Waals surface area contributed by atoms with Gasteiger partial charge in [-0.3, -0.25) is 0 Å². The molecular weight excluding hydrogens is 420 g/mol. The van der Waals surface area contributed by atoms with Crippen LogP contribution in [0.15, 0.2) is 77.7 Å². The van der Waals surface area contributed by atoms with E-state index in [-0.39, 0.29) is 24.6 Å². The second-order valence-electron chi connectivity index (χ2n) is 8.78. The van der Waals surface area contributed by atoms with Crippen molar-refractivity contribution >= 4 is 15.7 Å². The van der Waals surface area contributed by atoms with Gasteiger partial charge in [-0.2, -0.15) is 4.31 Å². The van der Waals surface area contributed by atoms with Crippen LogP contribution in [0.4, 0.5) is 5.69 Å². The second-order valence-corrected chi connectivity index (χ2v) is 10.6. The molecule has 3 atom stereocenters. The maximum absolute atomic E-state index is 13.8. The van der Waals surface area contributed by atoms with Crippen molar-refractivity contribution in [2.75, 3.05) is 25.1 Å². The fraction of sp³-hybridized carbons (Fsp3) is 0.308. The number of anilines is 1. The minimum absolute atomic E-state index is 0.00417. The highest BCUT2D eigenvalue weighted by atomic mass is 32.2. The molecule has 3 aromatic rings. The van der Waals surface area contributed by atoms with Gasteiger partial charge in [0, 0.05) is 25.2 Å². The van der Waals surface area contributed by atoms with Gasteiger partial charge in [0.1, 0.15) is 0 Å². The average Bonchev–Trinajstić information content (AvgIpc) is 3.26. The third-order valence-corrected chi connectivity index (χ3v) is 9.13. The molecule has 0 amide bonds. The fourth-order valence-electron chi connectivity index (χ4n) is 5.46. The fourth-order valence-corrected chi connectivity index (χ4v) is 7.36. The van der Waals surface area contributed by atoms with Crippen LogP contribution in [0, 0.1) is 12.8 Å². The minimum atomic E-state index is -3.68. The Labute approximate surface area is 190 Å². The standard InChI is InChI=1S/C26H28N2O3S/c1-18-8-6-7-11-25(18)32(30,31)28-15-14-21-24(17-29)27(2)23-13-12-20(16-22(23)26(21)28)19-9-4-3-5-10-19/h3-13,16,21,24,26,29H,14-15,17H2,1-2H3/t21-,24+,26-/m0/s1. The molecule has 3 aromatic carbocycles. The highest BCUT2D eigenvalue weighted by Gasteiger charge is 2.50. The van der Waals surface area contributed by atoms with Crippen molar-refractivity contribution in [3.05, 3.63) is 83.9 Å². The second kappa shape index (κ2) is 8.03. The van der Waals surface area contributed by atoms with Crippen molar-refractivity contribution in [1.29, 1.82) is 0 Å². The molecule has 0 aromatic heterocycles. The number of likely N-dealkylation sites (N-methyl/N-ethyl adjacent to an activating group) is 1. The Kier molecular flexibility index (Phi) is 5.32. The first-order valence-electron chi connectivity index (χ1n) is 11.0. The summed E-state index contributed by atoms with van der Waals surface area (Å²) in [7, 11) is -1.68. The Bertz CT molecular complexity index is 1240. The lowest BCUT2D eigenvalue weighted by Gasteiger charge is -2.44. The lowest BCUT2D eigenvalue weighted by atomic mass is 9.81. The number of aliphatic hydroxyl groups excluding tert-OH is 1. The summed E-state index contributed by atoms with van der Waals surface area (Å²) in [4.78, 5) is 2.48. The third kappa shape index (κ3) is 3.25. The first kappa shape index (κ1) is 21.2. The summed E-state index contributed by atoms with van der Waals surface area (Å²) in [5, 5.41) is 10.2. The lowest BCUT2D eigenvalue weighted by Crippen LogP contribution is -2.48. The molecule has 6 heteroatoms. The van der Waals surface area contributed by atoms with Gasteiger partial charge in [0.15, 0.2) is 0 Å². The summed E-state index contributed by atoms with van der Waals surface area (Å²) >= 11 is 0. The Morgan fingerprint density at radius 2 is 1.69 bits per heavy atom. The van der Waals surface area contributed by atoms with E-state index in [1.165, 1.54) is 0 Å². The molecule has 32 heavy (non-hydrogen) atoms. The van der Waals surface area contributed by atoms with Crippen LogP contribution in [0.1, 0.15) is 23.6 Å². The Morgan fingerprint density at radius 3 is 2.41 bits per heavy atom. The van der Waals surface area contributed by atoms with Crippen LogP contribution in [0.2, 0.25) is 0 Å². The van der Waals surface area contributed by atoms with Gasteiger partial charge in [0.05, 0.1) is 23.6 Å². The molecule has 0 radical (unpaired) electrons. The summed E-state index contributed by atoms with van der Waals surface area (Å²) in [6.07, 6.45) is 0.723. The van der Waals surface area contributed by atoms with E-state index in [9.17, 15) is 13.5 Å². The number of aliphatic hydroxyl groups is 1. The number of aryl methyl sites for hydroxylation is 1. The normalized spacial score (nSPS) is 23.1. The third-order valence-electron chi connectivity index (χ3n) is 7.09. The van der Waals surface area contributed by atoms with Crippen LogP contribution in [-0.4, -0.2) is 44.1 Å². The first-order valence-corrected chi connectivity index (χ1v) is 12.5. The van der Waals surface area contributed by atoms with Crippen LogP contribution in [0.5, 0.6) is 0 Å². The van der Waals surface area contributed by atoms with Gasteiger partial charge in [0.25, 0.3) is 0 Å². The number of benzene rings is 3. The van der Waals surface area contributed by atoms with E-state index in [1.54, 1.807) is 16.4 Å². The molecule has 166 valence electrons. The molecule has 2 aliphatic rings. The summed E-state index contributed by atoms with van der Waals surface area (Å²) in [6, 6.07) is 23.2. The van der Waals surface area contributed by atoms with Crippen molar-refractivity contribution < 1.29 is 13.5 Å². The van der Waals surface area contributed by atoms with E-state index in [4.69, 9.17) is 0 Å². The van der Waals surface area contributed by atoms with Gasteiger partial charge < -0.3 is 10.0 Å². The van der Waals surface area contributed by atoms with Gasteiger partial charge in [-0.15, -0.1) is 0 Å². The SMILES string of the molecule is Cc1ccccc1S(=O)(=O)N1CC[C@H]2[C@@H](CO)N(C)c3ccc(-c4ccccc4)cc3[C@H]21. The maximum atomic E-state index is 13.8. The minimum Gasteiger partial charge on any atom is -0.394 e. The van der Waals surface area contributed by atoms with E-state index in [2.05, 4.69) is 35.2 Å². The van der Waals surface area contributed by atoms with E-state index >= 15 is 0 Å².